The molecule has 0 radical (unpaired) electrons. The Hall–Kier alpha value is -3.49. The highest BCUT2D eigenvalue weighted by Gasteiger charge is 2.43. The van der Waals surface area contributed by atoms with E-state index in [2.05, 4.69) is 14.4 Å². The number of carbonyl (C=O) groups is 1. The van der Waals surface area contributed by atoms with Crippen LogP contribution in [0.1, 0.15) is 36.0 Å². The second kappa shape index (κ2) is 7.89. The number of fused-ring (bicyclic) bond motifs is 2. The van der Waals surface area contributed by atoms with Crippen molar-refractivity contribution in [3.05, 3.63) is 42.0 Å². The number of carbonyl (C=O) groups excluding carboxylic acids is 1. The predicted octanol–water partition coefficient (Wildman–Crippen LogP) is 4.79. The lowest BCUT2D eigenvalue weighted by Gasteiger charge is -2.24. The average molecular weight is 441 g/mol. The lowest BCUT2D eigenvalue weighted by Crippen LogP contribution is -2.26. The number of alkyl halides is 2. The van der Waals surface area contributed by atoms with Crippen LogP contribution in [-0.4, -0.2) is 42.4 Å². The molecule has 2 aliphatic heterocycles. The number of ether oxygens (including phenoxy) is 3. The average Bonchev–Trinajstić information content (AvgIpc) is 2.94. The molecule has 3 aromatic rings. The van der Waals surface area contributed by atoms with Gasteiger partial charge in [-0.3, -0.25) is 0 Å². The van der Waals surface area contributed by atoms with Crippen LogP contribution in [0, 0.1) is 0 Å². The molecular formula is C23H21F2N3O4. The number of hydrogen-bond acceptors (Lipinski definition) is 7. The molecule has 2 aromatic carbocycles. The van der Waals surface area contributed by atoms with Gasteiger partial charge in [0.1, 0.15) is 5.69 Å². The van der Waals surface area contributed by atoms with Crippen LogP contribution in [0.25, 0.3) is 22.3 Å². The van der Waals surface area contributed by atoms with Gasteiger partial charge in [0.15, 0.2) is 17.3 Å². The Morgan fingerprint density at radius 3 is 2.47 bits per heavy atom. The van der Waals surface area contributed by atoms with Crippen LogP contribution in [0.4, 0.5) is 14.6 Å². The Bertz CT molecular complexity index is 1190. The number of hydrogen-bond donors (Lipinski definition) is 0. The van der Waals surface area contributed by atoms with E-state index in [-0.39, 0.29) is 11.5 Å². The number of benzene rings is 2. The zero-order valence-corrected chi connectivity index (χ0v) is 17.4. The normalized spacial score (nSPS) is 17.3. The number of anilines is 1. The smallest absolute Gasteiger partial charge is 0.465 e. The molecule has 3 heterocycles. The van der Waals surface area contributed by atoms with Crippen LogP contribution in [-0.2, 0) is 4.74 Å². The highest BCUT2D eigenvalue weighted by Crippen LogP contribution is 2.44. The summed E-state index contributed by atoms with van der Waals surface area (Å²) < 4.78 is 41.0. The third kappa shape index (κ3) is 3.79. The van der Waals surface area contributed by atoms with Gasteiger partial charge in [-0.25, -0.2) is 14.8 Å². The maximum absolute atomic E-state index is 13.5. The first-order valence-electron chi connectivity index (χ1n) is 10.5. The van der Waals surface area contributed by atoms with Gasteiger partial charge in [0, 0.05) is 18.7 Å². The highest BCUT2D eigenvalue weighted by molar-refractivity contribution is 5.94. The van der Waals surface area contributed by atoms with Crippen LogP contribution in [0.5, 0.6) is 11.5 Å². The van der Waals surface area contributed by atoms with Crippen molar-refractivity contribution in [3.8, 4) is 22.8 Å². The van der Waals surface area contributed by atoms with Crippen molar-refractivity contribution >= 4 is 22.8 Å². The van der Waals surface area contributed by atoms with Crippen molar-refractivity contribution in [3.63, 3.8) is 0 Å². The van der Waals surface area contributed by atoms with Crippen LogP contribution < -0.4 is 14.4 Å². The molecule has 0 unspecified atom stereocenters. The molecule has 2 aliphatic rings. The van der Waals surface area contributed by atoms with Gasteiger partial charge in [-0.15, -0.1) is 8.78 Å². The van der Waals surface area contributed by atoms with Gasteiger partial charge >= 0.3 is 12.3 Å². The molecule has 1 saturated heterocycles. The summed E-state index contributed by atoms with van der Waals surface area (Å²) in [6.45, 7) is 1.62. The van der Waals surface area contributed by atoms with Crippen LogP contribution >= 0.6 is 0 Å². The summed E-state index contributed by atoms with van der Waals surface area (Å²) in [5.74, 6) is 0.127. The Balaban J connectivity index is 1.65. The second-order valence-corrected chi connectivity index (χ2v) is 7.82. The number of esters is 1. The van der Waals surface area contributed by atoms with Crippen molar-refractivity contribution in [2.24, 2.45) is 0 Å². The van der Waals surface area contributed by atoms with E-state index in [1.165, 1.54) is 19.2 Å². The lowest BCUT2D eigenvalue weighted by molar-refractivity contribution is -0.286. The predicted molar refractivity (Wildman–Crippen MR) is 113 cm³/mol. The van der Waals surface area contributed by atoms with Crippen LogP contribution in [0.15, 0.2) is 36.4 Å². The van der Waals surface area contributed by atoms with Crippen molar-refractivity contribution in [2.75, 3.05) is 25.1 Å². The molecule has 0 spiro atoms. The van der Waals surface area contributed by atoms with Crippen molar-refractivity contribution < 1.29 is 27.8 Å². The molecule has 7 nitrogen and oxygen atoms in total. The van der Waals surface area contributed by atoms with E-state index in [1.54, 1.807) is 24.3 Å². The minimum Gasteiger partial charge on any atom is -0.465 e. The largest absolute Gasteiger partial charge is 0.586 e. The summed E-state index contributed by atoms with van der Waals surface area (Å²) in [5.41, 5.74) is 2.68. The molecule has 0 atom stereocenters. The number of methoxy groups -OCH3 is 1. The van der Waals surface area contributed by atoms with E-state index < -0.39 is 12.3 Å². The molecular weight excluding hydrogens is 420 g/mol. The van der Waals surface area contributed by atoms with E-state index in [1.807, 2.05) is 0 Å². The molecule has 1 aromatic heterocycles. The molecule has 0 amide bonds. The third-order valence-corrected chi connectivity index (χ3v) is 5.65. The van der Waals surface area contributed by atoms with E-state index >= 15 is 0 Å². The Morgan fingerprint density at radius 2 is 1.72 bits per heavy atom. The zero-order chi connectivity index (χ0) is 22.3. The monoisotopic (exact) mass is 441 g/mol. The fourth-order valence-corrected chi connectivity index (χ4v) is 4.08. The first-order chi connectivity index (χ1) is 15.4. The summed E-state index contributed by atoms with van der Waals surface area (Å²) in [4.78, 5) is 23.8. The second-order valence-electron chi connectivity index (χ2n) is 7.82. The molecule has 1 fully saturated rings. The Morgan fingerprint density at radius 1 is 0.969 bits per heavy atom. The molecule has 0 bridgehead atoms. The first-order valence-corrected chi connectivity index (χ1v) is 10.5. The van der Waals surface area contributed by atoms with Crippen molar-refractivity contribution in [2.45, 2.75) is 32.0 Å². The fraction of sp³-hybridized carbons (Fsp3) is 0.348. The van der Waals surface area contributed by atoms with Gasteiger partial charge in [-0.1, -0.05) is 12.8 Å². The van der Waals surface area contributed by atoms with Gasteiger partial charge in [-0.2, -0.15) is 0 Å². The summed E-state index contributed by atoms with van der Waals surface area (Å²) in [7, 11) is 1.33. The molecule has 32 heavy (non-hydrogen) atoms. The van der Waals surface area contributed by atoms with Crippen molar-refractivity contribution in [1.29, 1.82) is 0 Å². The highest BCUT2D eigenvalue weighted by atomic mass is 19.3. The minimum atomic E-state index is -3.69. The summed E-state index contributed by atoms with van der Waals surface area (Å²) in [5, 5.41) is 0. The number of aromatic nitrogens is 2. The number of halogens is 2. The summed E-state index contributed by atoms with van der Waals surface area (Å²) >= 11 is 0. The topological polar surface area (TPSA) is 73.8 Å². The molecule has 9 heteroatoms. The molecule has 0 aliphatic carbocycles. The van der Waals surface area contributed by atoms with E-state index in [0.717, 1.165) is 38.8 Å². The Kier molecular flexibility index (Phi) is 5.03. The van der Waals surface area contributed by atoms with Crippen LogP contribution in [0.2, 0.25) is 0 Å². The third-order valence-electron chi connectivity index (χ3n) is 5.65. The van der Waals surface area contributed by atoms with Gasteiger partial charge in [0.25, 0.3) is 0 Å². The van der Waals surface area contributed by atoms with Gasteiger partial charge in [0.05, 0.1) is 23.7 Å². The number of nitrogens with zero attached hydrogens (tertiary/aromatic N) is 3. The zero-order valence-electron chi connectivity index (χ0n) is 17.4. The maximum Gasteiger partial charge on any atom is 0.586 e. The standard InChI is InChI=1S/C23H21F2N3O4/c1-30-22(29)15-6-8-16-17(12-15)27-21(28-10-4-2-3-5-11-28)20(26-16)14-7-9-18-19(13-14)32-23(24,25)31-18/h6-9,12-13H,2-5,10-11H2,1H3. The Labute approximate surface area is 182 Å². The van der Waals surface area contributed by atoms with Gasteiger partial charge < -0.3 is 19.1 Å². The van der Waals surface area contributed by atoms with E-state index in [4.69, 9.17) is 14.7 Å². The lowest BCUT2D eigenvalue weighted by atomic mass is 10.1. The van der Waals surface area contributed by atoms with E-state index in [9.17, 15) is 13.6 Å². The molecule has 0 N–H and O–H groups in total. The summed E-state index contributed by atoms with van der Waals surface area (Å²) in [6, 6.07) is 9.59. The molecule has 0 saturated carbocycles. The molecule has 166 valence electrons. The molecule has 5 rings (SSSR count). The quantitative estimate of drug-likeness (QED) is 0.541. The van der Waals surface area contributed by atoms with E-state index in [0.29, 0.717) is 33.7 Å². The summed E-state index contributed by atoms with van der Waals surface area (Å²) in [6.07, 6.45) is 0.633. The SMILES string of the molecule is COC(=O)c1ccc2nc(-c3ccc4c(c3)OC(F)(F)O4)c(N3CCCCCC3)nc2c1. The van der Waals surface area contributed by atoms with Gasteiger partial charge in [0.2, 0.25) is 0 Å². The fourth-order valence-electron chi connectivity index (χ4n) is 4.08. The van der Waals surface area contributed by atoms with Crippen LogP contribution in [0.3, 0.4) is 0 Å². The minimum absolute atomic E-state index is 0.0217. The maximum atomic E-state index is 13.5. The number of rotatable bonds is 3. The van der Waals surface area contributed by atoms with Crippen molar-refractivity contribution in [1.82, 2.24) is 9.97 Å². The van der Waals surface area contributed by atoms with Gasteiger partial charge in [-0.05, 0) is 49.2 Å². The first kappa shape index (κ1) is 20.4.